The van der Waals surface area contributed by atoms with Crippen molar-refractivity contribution in [2.24, 2.45) is 0 Å². The second-order valence-corrected chi connectivity index (χ2v) is 8.60. The number of morpholine rings is 1. The third-order valence-electron chi connectivity index (χ3n) is 4.73. The molecular formula is C18H21Cl2N5O2S. The van der Waals surface area contributed by atoms with E-state index in [0.717, 1.165) is 42.6 Å². The van der Waals surface area contributed by atoms with Crippen LogP contribution < -0.4 is 10.2 Å². The number of carbonyl (C=O) groups excluding carboxylic acids is 1. The molecule has 28 heavy (non-hydrogen) atoms. The van der Waals surface area contributed by atoms with Gasteiger partial charge in [-0.25, -0.2) is 0 Å². The number of benzene rings is 1. The number of rotatable bonds is 6. The average Bonchev–Trinajstić information content (AvgIpc) is 3.46. The number of aromatic nitrogens is 3. The number of nitrogens with zero attached hydrogens (tertiary/aromatic N) is 4. The van der Waals surface area contributed by atoms with Gasteiger partial charge in [-0.3, -0.25) is 9.36 Å². The van der Waals surface area contributed by atoms with Crippen molar-refractivity contribution in [3.05, 3.63) is 27.7 Å². The summed E-state index contributed by atoms with van der Waals surface area (Å²) in [7, 11) is 0. The molecule has 1 amide bonds. The van der Waals surface area contributed by atoms with Crippen molar-refractivity contribution < 1.29 is 9.53 Å². The zero-order chi connectivity index (χ0) is 19.7. The Labute approximate surface area is 177 Å². The topological polar surface area (TPSA) is 72.3 Å². The van der Waals surface area contributed by atoms with Crippen molar-refractivity contribution in [2.75, 3.05) is 42.3 Å². The molecule has 2 fully saturated rings. The van der Waals surface area contributed by atoms with Crippen LogP contribution in [0.15, 0.2) is 17.3 Å². The molecule has 10 heteroatoms. The summed E-state index contributed by atoms with van der Waals surface area (Å²) < 4.78 is 7.59. The molecule has 0 unspecified atom stereocenters. The molecule has 2 aromatic rings. The van der Waals surface area contributed by atoms with Crippen LogP contribution in [0.2, 0.25) is 10.0 Å². The second kappa shape index (κ2) is 8.49. The standard InChI is InChI=1S/C18H21Cl2N5O2S/c1-11-2-5-13(19)16(15(11)20)21-14(26)10-28-18-23-22-17(25(18)12-3-4-12)24-6-8-27-9-7-24/h2,5,12H,3-4,6-10H2,1H3,(H,21,26). The van der Waals surface area contributed by atoms with Crippen LogP contribution in [0.25, 0.3) is 0 Å². The first-order chi connectivity index (χ1) is 13.5. The second-order valence-electron chi connectivity index (χ2n) is 6.87. The highest BCUT2D eigenvalue weighted by Gasteiger charge is 2.32. The smallest absolute Gasteiger partial charge is 0.234 e. The first-order valence-electron chi connectivity index (χ1n) is 9.19. The number of nitrogens with one attached hydrogen (secondary N) is 1. The summed E-state index contributed by atoms with van der Waals surface area (Å²) in [6, 6.07) is 3.96. The maximum Gasteiger partial charge on any atom is 0.234 e. The zero-order valence-corrected chi connectivity index (χ0v) is 17.8. The van der Waals surface area contributed by atoms with Gasteiger partial charge in [0.2, 0.25) is 11.9 Å². The lowest BCUT2D eigenvalue weighted by Crippen LogP contribution is -2.38. The summed E-state index contributed by atoms with van der Waals surface area (Å²) in [5.41, 5.74) is 1.31. The van der Waals surface area contributed by atoms with Crippen molar-refractivity contribution in [1.29, 1.82) is 0 Å². The first kappa shape index (κ1) is 19.8. The Hall–Kier alpha value is -1.48. The predicted molar refractivity (Wildman–Crippen MR) is 112 cm³/mol. The van der Waals surface area contributed by atoms with Crippen molar-refractivity contribution in [3.63, 3.8) is 0 Å². The third kappa shape index (κ3) is 4.25. The Morgan fingerprint density at radius 3 is 2.75 bits per heavy atom. The molecule has 0 bridgehead atoms. The number of hydrogen-bond donors (Lipinski definition) is 1. The number of halogens is 2. The fourth-order valence-corrected chi connectivity index (χ4v) is 4.34. The average molecular weight is 442 g/mol. The van der Waals surface area contributed by atoms with Gasteiger partial charge in [-0.15, -0.1) is 10.2 Å². The minimum Gasteiger partial charge on any atom is -0.378 e. The van der Waals surface area contributed by atoms with Crippen molar-refractivity contribution in [1.82, 2.24) is 14.8 Å². The van der Waals surface area contributed by atoms with Gasteiger partial charge >= 0.3 is 0 Å². The van der Waals surface area contributed by atoms with Crippen LogP contribution in [0, 0.1) is 6.92 Å². The van der Waals surface area contributed by atoms with Crippen LogP contribution in [-0.2, 0) is 9.53 Å². The molecule has 7 nitrogen and oxygen atoms in total. The van der Waals surface area contributed by atoms with Gasteiger partial charge in [0, 0.05) is 19.1 Å². The molecule has 1 aliphatic heterocycles. The number of anilines is 2. The normalized spacial score (nSPS) is 17.0. The monoisotopic (exact) mass is 441 g/mol. The number of amides is 1. The van der Waals surface area contributed by atoms with Crippen LogP contribution in [0.4, 0.5) is 11.6 Å². The minimum atomic E-state index is -0.183. The van der Waals surface area contributed by atoms with Gasteiger partial charge in [0.1, 0.15) is 0 Å². The van der Waals surface area contributed by atoms with Crippen LogP contribution in [0.1, 0.15) is 24.4 Å². The molecule has 4 rings (SSSR count). The third-order valence-corrected chi connectivity index (χ3v) is 6.48. The van der Waals surface area contributed by atoms with Crippen molar-refractivity contribution in [3.8, 4) is 0 Å². The molecule has 0 radical (unpaired) electrons. The molecule has 2 heterocycles. The number of thioether (sulfide) groups is 1. The van der Waals surface area contributed by atoms with E-state index in [-0.39, 0.29) is 11.7 Å². The highest BCUT2D eigenvalue weighted by atomic mass is 35.5. The van der Waals surface area contributed by atoms with Crippen LogP contribution in [0.3, 0.4) is 0 Å². The van der Waals surface area contributed by atoms with Gasteiger partial charge in [0.05, 0.1) is 34.7 Å². The van der Waals surface area contributed by atoms with E-state index in [2.05, 4.69) is 25.0 Å². The van der Waals surface area contributed by atoms with Gasteiger partial charge < -0.3 is 15.0 Å². The van der Waals surface area contributed by atoms with Crippen LogP contribution >= 0.6 is 35.0 Å². The van der Waals surface area contributed by atoms with E-state index >= 15 is 0 Å². The first-order valence-corrected chi connectivity index (χ1v) is 10.9. The van der Waals surface area contributed by atoms with E-state index < -0.39 is 0 Å². The van der Waals surface area contributed by atoms with Crippen LogP contribution in [-0.4, -0.2) is 52.7 Å². The number of aryl methyl sites for hydroxylation is 1. The van der Waals surface area contributed by atoms with Gasteiger partial charge in [-0.1, -0.05) is 41.0 Å². The predicted octanol–water partition coefficient (Wildman–Crippen LogP) is 3.80. The van der Waals surface area contributed by atoms with E-state index in [1.54, 1.807) is 6.07 Å². The molecule has 2 aliphatic rings. The fourth-order valence-electron chi connectivity index (χ4n) is 3.08. The zero-order valence-electron chi connectivity index (χ0n) is 15.5. The highest BCUT2D eigenvalue weighted by Crippen LogP contribution is 2.41. The Bertz CT molecular complexity index is 881. The van der Waals surface area contributed by atoms with Gasteiger partial charge in [0.25, 0.3) is 0 Å². The lowest BCUT2D eigenvalue weighted by molar-refractivity contribution is -0.113. The Morgan fingerprint density at radius 2 is 2.04 bits per heavy atom. The minimum absolute atomic E-state index is 0.183. The SMILES string of the molecule is Cc1ccc(Cl)c(NC(=O)CSc2nnc(N3CCOCC3)n2C2CC2)c1Cl. The molecule has 1 N–H and O–H groups in total. The Balaban J connectivity index is 1.44. The van der Waals surface area contributed by atoms with E-state index in [1.165, 1.54) is 11.8 Å². The number of ether oxygens (including phenoxy) is 1. The van der Waals surface area contributed by atoms with Gasteiger partial charge in [-0.2, -0.15) is 0 Å². The number of carbonyl (C=O) groups is 1. The number of hydrogen-bond acceptors (Lipinski definition) is 6. The maximum absolute atomic E-state index is 12.5. The van der Waals surface area contributed by atoms with Crippen molar-refractivity contribution in [2.45, 2.75) is 31.0 Å². The van der Waals surface area contributed by atoms with E-state index in [4.69, 9.17) is 27.9 Å². The maximum atomic E-state index is 12.5. The van der Waals surface area contributed by atoms with E-state index in [9.17, 15) is 4.79 Å². The lowest BCUT2D eigenvalue weighted by Gasteiger charge is -2.27. The molecule has 1 saturated heterocycles. The quantitative estimate of drug-likeness (QED) is 0.687. The molecule has 0 spiro atoms. The molecule has 0 atom stereocenters. The Morgan fingerprint density at radius 1 is 1.29 bits per heavy atom. The van der Waals surface area contributed by atoms with E-state index in [0.29, 0.717) is 35.0 Å². The largest absolute Gasteiger partial charge is 0.378 e. The molecular weight excluding hydrogens is 421 g/mol. The lowest BCUT2D eigenvalue weighted by atomic mass is 10.2. The van der Waals surface area contributed by atoms with Crippen LogP contribution in [0.5, 0.6) is 0 Å². The Kier molecular flexibility index (Phi) is 6.01. The summed E-state index contributed by atoms with van der Waals surface area (Å²) in [6.07, 6.45) is 2.23. The summed E-state index contributed by atoms with van der Waals surface area (Å²) in [5.74, 6) is 0.894. The molecule has 1 saturated carbocycles. The molecule has 1 aliphatic carbocycles. The summed E-state index contributed by atoms with van der Waals surface area (Å²) >= 11 is 13.8. The van der Waals surface area contributed by atoms with Crippen molar-refractivity contribution >= 4 is 52.5 Å². The van der Waals surface area contributed by atoms with E-state index in [1.807, 2.05) is 13.0 Å². The van der Waals surface area contributed by atoms with Gasteiger partial charge in [-0.05, 0) is 31.4 Å². The highest BCUT2D eigenvalue weighted by molar-refractivity contribution is 7.99. The molecule has 1 aromatic carbocycles. The fraction of sp³-hybridized carbons (Fsp3) is 0.500. The summed E-state index contributed by atoms with van der Waals surface area (Å²) in [4.78, 5) is 14.7. The summed E-state index contributed by atoms with van der Waals surface area (Å²) in [6.45, 7) is 4.87. The van der Waals surface area contributed by atoms with Gasteiger partial charge in [0.15, 0.2) is 5.16 Å². The summed E-state index contributed by atoms with van der Waals surface area (Å²) in [5, 5.41) is 13.2. The molecule has 150 valence electrons. The molecule has 1 aromatic heterocycles.